The van der Waals surface area contributed by atoms with Gasteiger partial charge in [-0.15, -0.1) is 0 Å². The van der Waals surface area contributed by atoms with Gasteiger partial charge >= 0.3 is 33.3 Å². The Morgan fingerprint density at radius 2 is 1.12 bits per heavy atom. The first-order valence-electron chi connectivity index (χ1n) is 6.99. The summed E-state index contributed by atoms with van der Waals surface area (Å²) in [7, 11) is 0. The van der Waals surface area contributed by atoms with Gasteiger partial charge in [0.25, 0.3) is 0 Å². The number of carbonyl (C=O) groups is 1. The predicted molar refractivity (Wildman–Crippen MR) is 77.3 cm³/mol. The van der Waals surface area contributed by atoms with E-state index in [2.05, 4.69) is 6.92 Å². The molecule has 3 heteroatoms. The fourth-order valence-corrected chi connectivity index (χ4v) is 1.94. The molecule has 0 amide bonds. The van der Waals surface area contributed by atoms with Crippen molar-refractivity contribution in [2.75, 3.05) is 0 Å². The third-order valence-corrected chi connectivity index (χ3v) is 2.99. The molecule has 0 aliphatic rings. The van der Waals surface area contributed by atoms with Crippen molar-refractivity contribution in [2.24, 2.45) is 0 Å². The molecule has 0 aromatic rings. The van der Waals surface area contributed by atoms with Crippen LogP contribution < -0.4 is 0 Å². The van der Waals surface area contributed by atoms with Gasteiger partial charge in [-0.3, -0.25) is 4.79 Å². The van der Waals surface area contributed by atoms with Gasteiger partial charge in [0.15, 0.2) is 0 Å². The second kappa shape index (κ2) is 16.4. The molecule has 0 atom stereocenters. The number of aliphatic carboxylic acids is 1. The van der Waals surface area contributed by atoms with Gasteiger partial charge in [-0.05, 0) is 6.42 Å². The predicted octanol–water partition coefficient (Wildman–Crippen LogP) is 3.86. The third kappa shape index (κ3) is 18.9. The molecule has 0 aromatic carbocycles. The van der Waals surface area contributed by atoms with E-state index in [-0.39, 0.29) is 27.3 Å². The van der Waals surface area contributed by atoms with E-state index in [1.165, 1.54) is 57.8 Å². The van der Waals surface area contributed by atoms with Gasteiger partial charge in [0.1, 0.15) is 0 Å². The molecule has 17 heavy (non-hydrogen) atoms. The van der Waals surface area contributed by atoms with Gasteiger partial charge in [0.05, 0.1) is 0 Å². The van der Waals surface area contributed by atoms with Crippen LogP contribution in [0.5, 0.6) is 0 Å². The van der Waals surface area contributed by atoms with Crippen molar-refractivity contribution in [1.29, 1.82) is 0 Å². The first kappa shape index (κ1) is 19.7. The summed E-state index contributed by atoms with van der Waals surface area (Å²) < 4.78 is 0. The van der Waals surface area contributed by atoms with Crippen LogP contribution in [0.1, 0.15) is 84.0 Å². The average Bonchev–Trinajstić information content (AvgIpc) is 2.25. The van der Waals surface area contributed by atoms with Gasteiger partial charge in [0.2, 0.25) is 0 Å². The Morgan fingerprint density at radius 1 is 0.765 bits per heavy atom. The van der Waals surface area contributed by atoms with Crippen LogP contribution in [0.3, 0.4) is 0 Å². The monoisotopic (exact) mass is 438 g/mol. The minimum atomic E-state index is -0.657. The normalized spacial score (nSPS) is 9.94. The zero-order chi connectivity index (χ0) is 12.1. The summed E-state index contributed by atoms with van der Waals surface area (Å²) in [6, 6.07) is 0. The van der Waals surface area contributed by atoms with Crippen molar-refractivity contribution in [1.82, 2.24) is 0 Å². The van der Waals surface area contributed by atoms with Gasteiger partial charge in [-0.2, -0.15) is 0 Å². The molecule has 0 bridgehead atoms. The van der Waals surface area contributed by atoms with Crippen molar-refractivity contribution in [3.8, 4) is 0 Å². The van der Waals surface area contributed by atoms with E-state index in [4.69, 9.17) is 5.11 Å². The summed E-state index contributed by atoms with van der Waals surface area (Å²) in [5.41, 5.74) is 0. The molecule has 0 spiro atoms. The van der Waals surface area contributed by atoms with Crippen molar-refractivity contribution >= 4 is 33.3 Å². The maximum atomic E-state index is 10.3. The van der Waals surface area contributed by atoms with Crippen molar-refractivity contribution in [3.05, 3.63) is 0 Å². The van der Waals surface area contributed by atoms with Crippen LogP contribution in [0.2, 0.25) is 0 Å². The number of hydrogen-bond acceptors (Lipinski definition) is 1. The van der Waals surface area contributed by atoms with Crippen LogP contribution in [0.4, 0.5) is 0 Å². The molecule has 2 radical (unpaired) electrons. The van der Waals surface area contributed by atoms with E-state index in [0.29, 0.717) is 6.42 Å². The van der Waals surface area contributed by atoms with Crippen LogP contribution in [0.25, 0.3) is 0 Å². The molecule has 2 nitrogen and oxygen atoms in total. The number of hydrogen-bond donors (Lipinski definition) is 1. The quantitative estimate of drug-likeness (QED) is 0.372. The van der Waals surface area contributed by atoms with Crippen LogP contribution in [0, 0.1) is 0 Å². The van der Waals surface area contributed by atoms with E-state index < -0.39 is 5.97 Å². The average molecular weight is 438 g/mol. The fourth-order valence-electron chi connectivity index (χ4n) is 1.94. The van der Waals surface area contributed by atoms with Gasteiger partial charge in [0, 0.05) is 6.42 Å². The summed E-state index contributed by atoms with van der Waals surface area (Å²) in [6.07, 6.45) is 14.4. The Labute approximate surface area is 127 Å². The molecular weight excluding hydrogens is 407 g/mol. The number of carboxylic acids is 1. The van der Waals surface area contributed by atoms with E-state index >= 15 is 0 Å². The molecule has 1 N–H and O–H groups in total. The van der Waals surface area contributed by atoms with Gasteiger partial charge < -0.3 is 5.11 Å². The molecule has 0 heterocycles. The molecule has 0 aliphatic carbocycles. The van der Waals surface area contributed by atoms with Crippen molar-refractivity contribution in [2.45, 2.75) is 84.0 Å². The molecule has 0 unspecified atom stereocenters. The number of carboxylic acid groups (broad SMARTS) is 1. The first-order valence-corrected chi connectivity index (χ1v) is 6.99. The Balaban J connectivity index is 0. The van der Waals surface area contributed by atoms with Crippen LogP contribution in [0.15, 0.2) is 0 Å². The minimum absolute atomic E-state index is 0. The Bertz CT molecular complexity index is 160. The van der Waals surface area contributed by atoms with E-state index in [1.54, 1.807) is 0 Å². The summed E-state index contributed by atoms with van der Waals surface area (Å²) in [5.74, 6) is -0.657. The summed E-state index contributed by atoms with van der Waals surface area (Å²) in [6.45, 7) is 2.25. The van der Waals surface area contributed by atoms with Crippen LogP contribution in [-0.4, -0.2) is 38.4 Å². The molecule has 0 fully saturated rings. The maximum absolute atomic E-state index is 10.3. The molecule has 0 rings (SSSR count). The summed E-state index contributed by atoms with van der Waals surface area (Å²) in [5, 5.41) is 8.46. The van der Waals surface area contributed by atoms with Crippen LogP contribution >= 0.6 is 0 Å². The molecule has 0 aromatic heterocycles. The Hall–Kier alpha value is 0.392. The SMILES string of the molecule is CCCCCCCCCCCCCC(=O)O.[PbH2]. The molecule has 0 aliphatic heterocycles. The van der Waals surface area contributed by atoms with E-state index in [1.807, 2.05) is 0 Å². The Kier molecular flexibility index (Phi) is 19.0. The fraction of sp³-hybridized carbons (Fsp3) is 0.929. The second-order valence-electron chi connectivity index (χ2n) is 4.68. The van der Waals surface area contributed by atoms with Crippen molar-refractivity contribution < 1.29 is 9.90 Å². The summed E-state index contributed by atoms with van der Waals surface area (Å²) in [4.78, 5) is 10.3. The van der Waals surface area contributed by atoms with Gasteiger partial charge in [-0.1, -0.05) is 71.1 Å². The molecular formula is C14H30O2Pb. The first-order chi connectivity index (χ1) is 7.77. The van der Waals surface area contributed by atoms with Crippen LogP contribution in [-0.2, 0) is 4.79 Å². The third-order valence-electron chi connectivity index (χ3n) is 2.99. The van der Waals surface area contributed by atoms with Crippen molar-refractivity contribution in [3.63, 3.8) is 0 Å². The van der Waals surface area contributed by atoms with Gasteiger partial charge in [-0.25, -0.2) is 0 Å². The molecule has 0 saturated heterocycles. The number of rotatable bonds is 12. The molecule has 0 saturated carbocycles. The zero-order valence-electron chi connectivity index (χ0n) is 11.5. The Morgan fingerprint density at radius 3 is 1.47 bits per heavy atom. The standard InChI is InChI=1S/C14H28O2.Pb.2H/c1-2-3-4-5-6-7-8-9-10-11-12-13-14(15)16;;;/h2-13H2,1H3,(H,15,16);;;. The second-order valence-corrected chi connectivity index (χ2v) is 4.68. The van der Waals surface area contributed by atoms with E-state index in [9.17, 15) is 4.79 Å². The topological polar surface area (TPSA) is 37.3 Å². The number of unbranched alkanes of at least 4 members (excludes halogenated alkanes) is 10. The molecule has 102 valence electrons. The zero-order valence-corrected chi connectivity index (χ0v) is 17.0. The summed E-state index contributed by atoms with van der Waals surface area (Å²) >= 11 is 0. The van der Waals surface area contributed by atoms with E-state index in [0.717, 1.165) is 12.8 Å².